The molecular formula is C21H26N2O2. The van der Waals surface area contributed by atoms with Crippen molar-refractivity contribution in [2.24, 2.45) is 11.7 Å². The molecule has 0 saturated carbocycles. The Morgan fingerprint density at radius 1 is 1.00 bits per heavy atom. The predicted molar refractivity (Wildman–Crippen MR) is 99.9 cm³/mol. The third kappa shape index (κ3) is 6.07. The summed E-state index contributed by atoms with van der Waals surface area (Å²) >= 11 is 0. The molecule has 0 fully saturated rings. The molecule has 3 N–H and O–H groups in total. The minimum atomic E-state index is -0.686. The van der Waals surface area contributed by atoms with Gasteiger partial charge >= 0.3 is 0 Å². The molecule has 2 aromatic rings. The Labute approximate surface area is 149 Å². The van der Waals surface area contributed by atoms with E-state index in [-0.39, 0.29) is 11.8 Å². The topological polar surface area (TPSA) is 72.2 Å². The first-order valence-corrected chi connectivity index (χ1v) is 8.65. The second kappa shape index (κ2) is 9.02. The standard InChI is InChI=1S/C21H26N2O2/c1-15-8-11-18(12-9-15)14-19(20(22)24)23-21(25)16(2)10-13-17-6-4-3-5-7-17/h3-9,11-12,16,19H,10,13-14H2,1-2H3,(H2,22,24)(H,23,25)/t16-,19+/m1/s1. The summed E-state index contributed by atoms with van der Waals surface area (Å²) in [5.41, 5.74) is 8.81. The average Bonchev–Trinajstić information content (AvgIpc) is 2.61. The van der Waals surface area contributed by atoms with Gasteiger partial charge in [-0.1, -0.05) is 67.1 Å². The first-order valence-electron chi connectivity index (χ1n) is 8.65. The van der Waals surface area contributed by atoms with Crippen LogP contribution in [0.25, 0.3) is 0 Å². The Hall–Kier alpha value is -2.62. The van der Waals surface area contributed by atoms with Crippen LogP contribution in [0.5, 0.6) is 0 Å². The van der Waals surface area contributed by atoms with Crippen LogP contribution < -0.4 is 11.1 Å². The van der Waals surface area contributed by atoms with Gasteiger partial charge in [0.05, 0.1) is 0 Å². The van der Waals surface area contributed by atoms with Crippen LogP contribution in [0.4, 0.5) is 0 Å². The van der Waals surface area contributed by atoms with Crippen molar-refractivity contribution in [2.75, 3.05) is 0 Å². The summed E-state index contributed by atoms with van der Waals surface area (Å²) in [7, 11) is 0. The summed E-state index contributed by atoms with van der Waals surface area (Å²) in [6.45, 7) is 3.88. The van der Waals surface area contributed by atoms with E-state index < -0.39 is 11.9 Å². The van der Waals surface area contributed by atoms with Crippen LogP contribution in [0.1, 0.15) is 30.0 Å². The summed E-state index contributed by atoms with van der Waals surface area (Å²) < 4.78 is 0. The lowest BCUT2D eigenvalue weighted by Crippen LogP contribution is -2.47. The fourth-order valence-corrected chi connectivity index (χ4v) is 2.66. The number of nitrogens with one attached hydrogen (secondary N) is 1. The van der Waals surface area contributed by atoms with E-state index >= 15 is 0 Å². The largest absolute Gasteiger partial charge is 0.368 e. The molecule has 0 aliphatic carbocycles. The van der Waals surface area contributed by atoms with E-state index in [1.54, 1.807) is 0 Å². The van der Waals surface area contributed by atoms with Crippen molar-refractivity contribution >= 4 is 11.8 Å². The number of nitrogens with two attached hydrogens (primary N) is 1. The van der Waals surface area contributed by atoms with Gasteiger partial charge in [0.1, 0.15) is 6.04 Å². The molecule has 0 aliphatic rings. The summed E-state index contributed by atoms with van der Waals surface area (Å²) in [6.07, 6.45) is 1.97. The van der Waals surface area contributed by atoms with E-state index in [1.807, 2.05) is 68.4 Å². The van der Waals surface area contributed by atoms with Gasteiger partial charge in [0, 0.05) is 12.3 Å². The zero-order valence-electron chi connectivity index (χ0n) is 14.9. The quantitative estimate of drug-likeness (QED) is 0.777. The van der Waals surface area contributed by atoms with Crippen LogP contribution >= 0.6 is 0 Å². The molecule has 0 saturated heterocycles. The van der Waals surface area contributed by atoms with E-state index in [0.717, 1.165) is 24.0 Å². The minimum Gasteiger partial charge on any atom is -0.368 e. The van der Waals surface area contributed by atoms with Crippen molar-refractivity contribution in [3.05, 3.63) is 71.3 Å². The number of rotatable bonds is 8. The molecule has 0 bridgehead atoms. The summed E-state index contributed by atoms with van der Waals surface area (Å²) in [6, 6.07) is 17.2. The zero-order chi connectivity index (χ0) is 18.2. The van der Waals surface area contributed by atoms with Gasteiger partial charge in [-0.05, 0) is 30.9 Å². The molecular weight excluding hydrogens is 312 g/mol. The van der Waals surface area contributed by atoms with Gasteiger partial charge < -0.3 is 11.1 Å². The molecule has 0 heterocycles. The molecule has 2 rings (SSSR count). The van der Waals surface area contributed by atoms with Crippen molar-refractivity contribution < 1.29 is 9.59 Å². The van der Waals surface area contributed by atoms with Gasteiger partial charge in [0.2, 0.25) is 11.8 Å². The minimum absolute atomic E-state index is 0.133. The number of hydrogen-bond donors (Lipinski definition) is 2. The molecule has 2 aromatic carbocycles. The second-order valence-corrected chi connectivity index (χ2v) is 6.58. The fraction of sp³-hybridized carbons (Fsp3) is 0.333. The molecule has 25 heavy (non-hydrogen) atoms. The lowest BCUT2D eigenvalue weighted by molar-refractivity contribution is -0.129. The molecule has 0 spiro atoms. The Balaban J connectivity index is 1.90. The SMILES string of the molecule is Cc1ccc(C[C@H](NC(=O)[C@H](C)CCc2ccccc2)C(N)=O)cc1. The number of benzene rings is 2. The van der Waals surface area contributed by atoms with E-state index in [9.17, 15) is 9.59 Å². The van der Waals surface area contributed by atoms with Crippen LogP contribution in [0.2, 0.25) is 0 Å². The van der Waals surface area contributed by atoms with Gasteiger partial charge in [-0.25, -0.2) is 0 Å². The summed E-state index contributed by atoms with van der Waals surface area (Å²) in [5, 5.41) is 2.80. The van der Waals surface area contributed by atoms with Crippen molar-refractivity contribution in [2.45, 2.75) is 39.2 Å². The molecule has 2 atom stereocenters. The van der Waals surface area contributed by atoms with Crippen molar-refractivity contribution in [3.8, 4) is 0 Å². The van der Waals surface area contributed by atoms with Crippen LogP contribution in [0, 0.1) is 12.8 Å². The van der Waals surface area contributed by atoms with Crippen LogP contribution in [0.15, 0.2) is 54.6 Å². The maximum atomic E-state index is 12.4. The highest BCUT2D eigenvalue weighted by atomic mass is 16.2. The van der Waals surface area contributed by atoms with Gasteiger partial charge in [0.25, 0.3) is 0 Å². The van der Waals surface area contributed by atoms with Gasteiger partial charge in [-0.15, -0.1) is 0 Å². The highest BCUT2D eigenvalue weighted by molar-refractivity contribution is 5.87. The molecule has 132 valence electrons. The summed E-state index contributed by atoms with van der Waals surface area (Å²) in [4.78, 5) is 24.1. The van der Waals surface area contributed by atoms with Gasteiger partial charge in [0.15, 0.2) is 0 Å². The van der Waals surface area contributed by atoms with Gasteiger partial charge in [-0.3, -0.25) is 9.59 Å². The molecule has 0 aliphatic heterocycles. The van der Waals surface area contributed by atoms with E-state index in [0.29, 0.717) is 6.42 Å². The fourth-order valence-electron chi connectivity index (χ4n) is 2.66. The molecule has 0 radical (unpaired) electrons. The Bertz CT molecular complexity index is 696. The number of primary amides is 1. The van der Waals surface area contributed by atoms with Crippen molar-refractivity contribution in [1.29, 1.82) is 0 Å². The first kappa shape index (κ1) is 18.7. The highest BCUT2D eigenvalue weighted by Gasteiger charge is 2.21. The smallest absolute Gasteiger partial charge is 0.240 e. The lowest BCUT2D eigenvalue weighted by atomic mass is 9.99. The molecule has 4 heteroatoms. The number of hydrogen-bond acceptors (Lipinski definition) is 2. The average molecular weight is 338 g/mol. The molecule has 0 aromatic heterocycles. The third-order valence-electron chi connectivity index (χ3n) is 4.38. The molecule has 4 nitrogen and oxygen atoms in total. The number of carbonyl (C=O) groups excluding carboxylic acids is 2. The lowest BCUT2D eigenvalue weighted by Gasteiger charge is -2.19. The maximum Gasteiger partial charge on any atom is 0.240 e. The van der Waals surface area contributed by atoms with Crippen molar-refractivity contribution in [1.82, 2.24) is 5.32 Å². The van der Waals surface area contributed by atoms with E-state index in [2.05, 4.69) is 5.32 Å². The van der Waals surface area contributed by atoms with Crippen LogP contribution in [-0.2, 0) is 22.4 Å². The molecule has 0 unspecified atom stereocenters. The first-order chi connectivity index (χ1) is 12.0. The van der Waals surface area contributed by atoms with Crippen LogP contribution in [-0.4, -0.2) is 17.9 Å². The highest BCUT2D eigenvalue weighted by Crippen LogP contribution is 2.11. The third-order valence-corrected chi connectivity index (χ3v) is 4.38. The van der Waals surface area contributed by atoms with Crippen LogP contribution in [0.3, 0.4) is 0 Å². The second-order valence-electron chi connectivity index (χ2n) is 6.58. The zero-order valence-corrected chi connectivity index (χ0v) is 14.9. The Morgan fingerprint density at radius 2 is 1.64 bits per heavy atom. The number of aryl methyl sites for hydroxylation is 2. The summed E-state index contributed by atoms with van der Waals surface area (Å²) in [5.74, 6) is -0.823. The monoisotopic (exact) mass is 338 g/mol. The molecule has 2 amide bonds. The van der Waals surface area contributed by atoms with E-state index in [4.69, 9.17) is 5.73 Å². The maximum absolute atomic E-state index is 12.4. The Kier molecular flexibility index (Phi) is 6.75. The Morgan fingerprint density at radius 3 is 2.24 bits per heavy atom. The normalized spacial score (nSPS) is 13.0. The van der Waals surface area contributed by atoms with E-state index in [1.165, 1.54) is 5.56 Å². The number of carbonyl (C=O) groups is 2. The van der Waals surface area contributed by atoms with Crippen molar-refractivity contribution in [3.63, 3.8) is 0 Å². The van der Waals surface area contributed by atoms with Gasteiger partial charge in [-0.2, -0.15) is 0 Å². The predicted octanol–water partition coefficient (Wildman–Crippen LogP) is 2.78. The number of amides is 2.